The Bertz CT molecular complexity index is 690. The first-order valence-electron chi connectivity index (χ1n) is 6.26. The topological polar surface area (TPSA) is 145 Å². The van der Waals surface area contributed by atoms with Gasteiger partial charge in [0.25, 0.3) is 0 Å². The van der Waals surface area contributed by atoms with Gasteiger partial charge in [0.15, 0.2) is 17.1 Å². The molecule has 6 N–H and O–H groups in total. The lowest BCUT2D eigenvalue weighted by molar-refractivity contribution is -0.0248. The zero-order valence-electron chi connectivity index (χ0n) is 11.1. The summed E-state index contributed by atoms with van der Waals surface area (Å²) in [6, 6.07) is 0. The lowest BCUT2D eigenvalue weighted by Gasteiger charge is -2.23. The first kappa shape index (κ1) is 13.9. The fraction of sp³-hybridized carbons (Fsp3) is 0.545. The van der Waals surface area contributed by atoms with E-state index in [1.165, 1.54) is 17.6 Å². The highest BCUT2D eigenvalue weighted by Gasteiger charge is 2.55. The van der Waals surface area contributed by atoms with E-state index in [9.17, 15) is 9.50 Å². The van der Waals surface area contributed by atoms with Crippen LogP contribution in [0.15, 0.2) is 6.20 Å². The molecule has 3 rings (SSSR count). The molecule has 4 atom stereocenters. The second kappa shape index (κ2) is 4.48. The first-order chi connectivity index (χ1) is 9.86. The van der Waals surface area contributed by atoms with Crippen molar-refractivity contribution >= 4 is 17.4 Å². The Hall–Kier alpha value is -2.04. The summed E-state index contributed by atoms with van der Waals surface area (Å²) in [4.78, 5) is 7.77. The minimum Gasteiger partial charge on any atom is -0.394 e. The fourth-order valence-corrected chi connectivity index (χ4v) is 2.52. The summed E-state index contributed by atoms with van der Waals surface area (Å²) in [6.45, 7) is 0.679. The SMILES string of the molecule is C[C@@]1(F)C(O)[C@@H](CO)O[C@H]1c1cnc2c(N)nc(N)nn12. The quantitative estimate of drug-likeness (QED) is 0.541. The van der Waals surface area contributed by atoms with Gasteiger partial charge in [-0.05, 0) is 6.92 Å². The van der Waals surface area contributed by atoms with Crippen molar-refractivity contribution in [2.24, 2.45) is 0 Å². The number of nitrogen functional groups attached to an aromatic ring is 2. The van der Waals surface area contributed by atoms with E-state index >= 15 is 0 Å². The van der Waals surface area contributed by atoms with E-state index in [2.05, 4.69) is 15.1 Å². The van der Waals surface area contributed by atoms with E-state index in [0.29, 0.717) is 0 Å². The molecule has 1 aliphatic rings. The number of alkyl halides is 1. The summed E-state index contributed by atoms with van der Waals surface area (Å²) in [5.41, 5.74) is 9.51. The van der Waals surface area contributed by atoms with Crippen molar-refractivity contribution in [1.29, 1.82) is 0 Å². The average Bonchev–Trinajstić information content (AvgIpc) is 2.91. The number of aromatic nitrogens is 4. The molecule has 0 amide bonds. The number of fused-ring (bicyclic) bond motifs is 1. The highest BCUT2D eigenvalue weighted by molar-refractivity contribution is 5.60. The lowest BCUT2D eigenvalue weighted by atomic mass is 9.93. The monoisotopic (exact) mass is 298 g/mol. The number of nitrogens with two attached hydrogens (primary N) is 2. The number of anilines is 2. The van der Waals surface area contributed by atoms with Crippen LogP contribution >= 0.6 is 0 Å². The maximum Gasteiger partial charge on any atom is 0.240 e. The Morgan fingerprint density at radius 2 is 2.24 bits per heavy atom. The van der Waals surface area contributed by atoms with Gasteiger partial charge in [-0.2, -0.15) is 4.98 Å². The summed E-state index contributed by atoms with van der Waals surface area (Å²) in [5.74, 6) is -0.0522. The average molecular weight is 298 g/mol. The predicted molar refractivity (Wildman–Crippen MR) is 69.8 cm³/mol. The summed E-state index contributed by atoms with van der Waals surface area (Å²) >= 11 is 0. The zero-order chi connectivity index (χ0) is 15.4. The number of hydrogen-bond acceptors (Lipinski definition) is 8. The molecule has 2 aromatic heterocycles. The molecule has 3 heterocycles. The molecular formula is C11H15FN6O3. The highest BCUT2D eigenvalue weighted by atomic mass is 19.1. The Morgan fingerprint density at radius 3 is 2.86 bits per heavy atom. The van der Waals surface area contributed by atoms with Gasteiger partial charge in [-0.3, -0.25) is 0 Å². The third kappa shape index (κ3) is 1.91. The van der Waals surface area contributed by atoms with Crippen molar-refractivity contribution in [3.8, 4) is 0 Å². The molecule has 1 fully saturated rings. The number of halogens is 1. The zero-order valence-corrected chi connectivity index (χ0v) is 11.1. The third-order valence-electron chi connectivity index (χ3n) is 3.63. The first-order valence-corrected chi connectivity index (χ1v) is 6.26. The van der Waals surface area contributed by atoms with Crippen LogP contribution in [0.1, 0.15) is 18.7 Å². The Balaban J connectivity index is 2.13. The molecule has 0 aliphatic carbocycles. The number of nitrogens with zero attached hydrogens (tertiary/aromatic N) is 4. The number of rotatable bonds is 2. The number of imidazole rings is 1. The van der Waals surface area contributed by atoms with Gasteiger partial charge in [-0.1, -0.05) is 0 Å². The van der Waals surface area contributed by atoms with Crippen molar-refractivity contribution < 1.29 is 19.3 Å². The van der Waals surface area contributed by atoms with Crippen LogP contribution in [-0.2, 0) is 4.74 Å². The molecule has 114 valence electrons. The Morgan fingerprint density at radius 1 is 1.52 bits per heavy atom. The van der Waals surface area contributed by atoms with Crippen LogP contribution in [0.5, 0.6) is 0 Å². The molecule has 2 aromatic rings. The van der Waals surface area contributed by atoms with Crippen LogP contribution in [0.3, 0.4) is 0 Å². The van der Waals surface area contributed by atoms with E-state index in [4.69, 9.17) is 21.3 Å². The van der Waals surface area contributed by atoms with E-state index in [1.807, 2.05) is 0 Å². The molecule has 21 heavy (non-hydrogen) atoms. The molecule has 0 spiro atoms. The van der Waals surface area contributed by atoms with Crippen molar-refractivity contribution in [2.75, 3.05) is 18.1 Å². The lowest BCUT2D eigenvalue weighted by Crippen LogP contribution is -2.39. The molecule has 0 bridgehead atoms. The van der Waals surface area contributed by atoms with E-state index < -0.39 is 30.6 Å². The number of aliphatic hydroxyl groups is 2. The maximum absolute atomic E-state index is 14.8. The highest BCUT2D eigenvalue weighted by Crippen LogP contribution is 2.44. The molecule has 0 radical (unpaired) electrons. The van der Waals surface area contributed by atoms with Crippen LogP contribution in [0.4, 0.5) is 16.2 Å². The van der Waals surface area contributed by atoms with Crippen LogP contribution in [0.25, 0.3) is 5.65 Å². The second-order valence-electron chi connectivity index (χ2n) is 5.11. The number of aliphatic hydroxyl groups excluding tert-OH is 2. The molecule has 1 unspecified atom stereocenters. The van der Waals surface area contributed by atoms with Gasteiger partial charge in [0, 0.05) is 0 Å². The fourth-order valence-electron chi connectivity index (χ4n) is 2.52. The van der Waals surface area contributed by atoms with E-state index in [-0.39, 0.29) is 23.1 Å². The molecule has 9 nitrogen and oxygen atoms in total. The van der Waals surface area contributed by atoms with E-state index in [0.717, 1.165) is 0 Å². The summed E-state index contributed by atoms with van der Waals surface area (Å²) in [6.07, 6.45) is -2.36. The third-order valence-corrected chi connectivity index (χ3v) is 3.63. The minimum atomic E-state index is -2.13. The summed E-state index contributed by atoms with van der Waals surface area (Å²) in [7, 11) is 0. The van der Waals surface area contributed by atoms with Gasteiger partial charge in [0.05, 0.1) is 18.5 Å². The summed E-state index contributed by atoms with van der Waals surface area (Å²) < 4.78 is 21.4. The van der Waals surface area contributed by atoms with Gasteiger partial charge in [-0.25, -0.2) is 13.9 Å². The maximum atomic E-state index is 14.8. The van der Waals surface area contributed by atoms with Crippen molar-refractivity contribution in [3.05, 3.63) is 11.9 Å². The Labute approximate surface area is 118 Å². The molecule has 10 heteroatoms. The van der Waals surface area contributed by atoms with Gasteiger partial charge < -0.3 is 26.4 Å². The van der Waals surface area contributed by atoms with Crippen LogP contribution in [0, 0.1) is 0 Å². The second-order valence-corrected chi connectivity index (χ2v) is 5.11. The number of hydrogen-bond donors (Lipinski definition) is 4. The van der Waals surface area contributed by atoms with Gasteiger partial charge >= 0.3 is 0 Å². The molecule has 0 saturated carbocycles. The largest absolute Gasteiger partial charge is 0.394 e. The van der Waals surface area contributed by atoms with Gasteiger partial charge in [0.2, 0.25) is 5.95 Å². The van der Waals surface area contributed by atoms with Gasteiger partial charge in [0.1, 0.15) is 18.3 Å². The van der Waals surface area contributed by atoms with E-state index in [1.54, 1.807) is 0 Å². The molecular weight excluding hydrogens is 283 g/mol. The smallest absolute Gasteiger partial charge is 0.240 e. The minimum absolute atomic E-state index is 0.0477. The predicted octanol–water partition coefficient (Wildman–Crippen LogP) is -1.19. The van der Waals surface area contributed by atoms with Crippen molar-refractivity contribution in [3.63, 3.8) is 0 Å². The normalized spacial score (nSPS) is 32.9. The number of ether oxygens (including phenoxy) is 1. The summed E-state index contributed by atoms with van der Waals surface area (Å²) in [5, 5.41) is 23.0. The van der Waals surface area contributed by atoms with Gasteiger partial charge in [-0.15, -0.1) is 5.10 Å². The van der Waals surface area contributed by atoms with Crippen LogP contribution in [-0.4, -0.2) is 54.3 Å². The standard InChI is InChI=1S/C11H15FN6O3/c1-11(12)6(20)5(3-19)21-7(11)4-2-15-9-8(13)16-10(14)17-18(4)9/h2,5-7,19-20H,3H2,1H3,(H4,13,14,16,17)/t5-,6?,7+,11-/m1/s1. The Kier molecular flexibility index (Phi) is 2.97. The van der Waals surface area contributed by atoms with Crippen LogP contribution < -0.4 is 11.5 Å². The molecule has 1 saturated heterocycles. The molecule has 0 aromatic carbocycles. The van der Waals surface area contributed by atoms with Crippen molar-refractivity contribution in [2.45, 2.75) is 30.9 Å². The van der Waals surface area contributed by atoms with Crippen LogP contribution in [0.2, 0.25) is 0 Å². The van der Waals surface area contributed by atoms with Crippen molar-refractivity contribution in [1.82, 2.24) is 19.6 Å². The molecule has 1 aliphatic heterocycles.